The van der Waals surface area contributed by atoms with E-state index in [0.717, 1.165) is 5.56 Å². The molecule has 0 bridgehead atoms. The van der Waals surface area contributed by atoms with Crippen LogP contribution in [0.1, 0.15) is 22.8 Å². The molecular weight excluding hydrogens is 276 g/mol. The number of amides is 1. The lowest BCUT2D eigenvalue weighted by Gasteiger charge is -2.10. The molecule has 1 aromatic heterocycles. The van der Waals surface area contributed by atoms with Crippen LogP contribution in [0.2, 0.25) is 0 Å². The molecule has 1 N–H and O–H groups in total. The fourth-order valence-electron chi connectivity index (χ4n) is 1.70. The van der Waals surface area contributed by atoms with Crippen LogP contribution >= 0.6 is 11.3 Å². The first-order valence-corrected chi connectivity index (χ1v) is 7.08. The van der Waals surface area contributed by atoms with Crippen molar-refractivity contribution in [2.75, 3.05) is 19.0 Å². The van der Waals surface area contributed by atoms with Crippen LogP contribution in [0.4, 0.5) is 5.13 Å². The van der Waals surface area contributed by atoms with E-state index < -0.39 is 0 Å². The Bertz CT molecular complexity index is 570. The van der Waals surface area contributed by atoms with Crippen LogP contribution < -0.4 is 10.1 Å². The maximum absolute atomic E-state index is 12.1. The van der Waals surface area contributed by atoms with E-state index in [1.54, 1.807) is 31.5 Å². The molecule has 0 saturated heterocycles. The summed E-state index contributed by atoms with van der Waals surface area (Å²) in [4.78, 5) is 16.1. The number of nitrogens with zero attached hydrogens (tertiary/aromatic N) is 1. The lowest BCUT2D eigenvalue weighted by Crippen LogP contribution is -2.12. The molecular formula is C14H16N2O3S. The van der Waals surface area contributed by atoms with Gasteiger partial charge in [0.1, 0.15) is 5.75 Å². The second-order valence-corrected chi connectivity index (χ2v) is 4.85. The summed E-state index contributed by atoms with van der Waals surface area (Å²) in [6.45, 7) is 2.95. The summed E-state index contributed by atoms with van der Waals surface area (Å²) >= 11 is 1.38. The third-order valence-corrected chi connectivity index (χ3v) is 3.35. The third-order valence-electron chi connectivity index (χ3n) is 2.66. The van der Waals surface area contributed by atoms with Crippen LogP contribution in [-0.2, 0) is 11.3 Å². The molecule has 0 atom stereocenters. The van der Waals surface area contributed by atoms with Crippen LogP contribution in [0.25, 0.3) is 0 Å². The number of thiazole rings is 1. The van der Waals surface area contributed by atoms with Gasteiger partial charge in [0.25, 0.3) is 5.91 Å². The zero-order valence-corrected chi connectivity index (χ0v) is 12.2. The van der Waals surface area contributed by atoms with Crippen molar-refractivity contribution in [2.45, 2.75) is 13.5 Å². The molecule has 0 unspecified atom stereocenters. The molecule has 0 saturated carbocycles. The van der Waals surface area contributed by atoms with Crippen LogP contribution in [-0.4, -0.2) is 24.6 Å². The highest BCUT2D eigenvalue weighted by atomic mass is 32.1. The average Bonchev–Trinajstić information content (AvgIpc) is 2.97. The maximum Gasteiger partial charge on any atom is 0.257 e. The summed E-state index contributed by atoms with van der Waals surface area (Å²) in [6, 6.07) is 5.26. The SMILES string of the molecule is CCOCc1cc(C(=O)Nc2nccs2)ccc1OC. The summed E-state index contributed by atoms with van der Waals surface area (Å²) in [7, 11) is 1.60. The molecule has 2 aromatic rings. The molecule has 1 aromatic carbocycles. The monoisotopic (exact) mass is 292 g/mol. The molecule has 0 aliphatic rings. The minimum atomic E-state index is -0.194. The van der Waals surface area contributed by atoms with Crippen LogP contribution in [0.15, 0.2) is 29.8 Å². The van der Waals surface area contributed by atoms with Gasteiger partial charge in [-0.3, -0.25) is 10.1 Å². The fourth-order valence-corrected chi connectivity index (χ4v) is 2.22. The number of ether oxygens (including phenoxy) is 2. The van der Waals surface area contributed by atoms with E-state index in [2.05, 4.69) is 10.3 Å². The second kappa shape index (κ2) is 7.02. The molecule has 0 spiro atoms. The van der Waals surface area contributed by atoms with Gasteiger partial charge in [0, 0.05) is 29.3 Å². The normalized spacial score (nSPS) is 10.3. The van der Waals surface area contributed by atoms with Gasteiger partial charge in [-0.25, -0.2) is 4.98 Å². The quantitative estimate of drug-likeness (QED) is 0.889. The molecule has 0 radical (unpaired) electrons. The molecule has 106 valence electrons. The van der Waals surface area contributed by atoms with Crippen molar-refractivity contribution in [3.63, 3.8) is 0 Å². The summed E-state index contributed by atoms with van der Waals surface area (Å²) in [6.07, 6.45) is 1.65. The molecule has 5 nitrogen and oxygen atoms in total. The molecule has 0 fully saturated rings. The number of methoxy groups -OCH3 is 1. The Hall–Kier alpha value is -1.92. The van der Waals surface area contributed by atoms with Crippen molar-refractivity contribution >= 4 is 22.4 Å². The highest BCUT2D eigenvalue weighted by molar-refractivity contribution is 7.13. The number of aromatic nitrogens is 1. The van der Waals surface area contributed by atoms with Gasteiger partial charge in [0.05, 0.1) is 13.7 Å². The zero-order valence-electron chi connectivity index (χ0n) is 11.4. The zero-order chi connectivity index (χ0) is 14.4. The number of rotatable bonds is 6. The lowest BCUT2D eigenvalue weighted by molar-refractivity contribution is 0.102. The molecule has 2 rings (SSSR count). The van der Waals surface area contributed by atoms with Gasteiger partial charge in [0.15, 0.2) is 5.13 Å². The fraction of sp³-hybridized carbons (Fsp3) is 0.286. The number of anilines is 1. The standard InChI is InChI=1S/C14H16N2O3S/c1-3-19-9-11-8-10(4-5-12(11)18-2)13(17)16-14-15-6-7-20-14/h4-8H,3,9H2,1-2H3,(H,15,16,17). The lowest BCUT2D eigenvalue weighted by atomic mass is 10.1. The minimum Gasteiger partial charge on any atom is -0.496 e. The summed E-state index contributed by atoms with van der Waals surface area (Å²) in [5.41, 5.74) is 1.40. The molecule has 0 aliphatic carbocycles. The Kier molecular flexibility index (Phi) is 5.09. The van der Waals surface area contributed by atoms with Gasteiger partial charge in [-0.2, -0.15) is 0 Å². The molecule has 0 aliphatic heterocycles. The maximum atomic E-state index is 12.1. The van der Waals surface area contributed by atoms with Crippen molar-refractivity contribution < 1.29 is 14.3 Å². The van der Waals surface area contributed by atoms with Crippen molar-refractivity contribution in [1.82, 2.24) is 4.98 Å². The molecule has 1 heterocycles. The largest absolute Gasteiger partial charge is 0.496 e. The van der Waals surface area contributed by atoms with Gasteiger partial charge < -0.3 is 9.47 Å². The topological polar surface area (TPSA) is 60.5 Å². The van der Waals surface area contributed by atoms with Gasteiger partial charge >= 0.3 is 0 Å². The predicted octanol–water partition coefficient (Wildman–Crippen LogP) is 2.94. The van der Waals surface area contributed by atoms with Crippen LogP contribution in [0.5, 0.6) is 5.75 Å². The van der Waals surface area contributed by atoms with Gasteiger partial charge in [-0.15, -0.1) is 11.3 Å². The van der Waals surface area contributed by atoms with Gasteiger partial charge in [0.2, 0.25) is 0 Å². The number of nitrogens with one attached hydrogen (secondary N) is 1. The Morgan fingerprint density at radius 1 is 1.45 bits per heavy atom. The van der Waals surface area contributed by atoms with E-state index in [-0.39, 0.29) is 5.91 Å². The van der Waals surface area contributed by atoms with E-state index in [1.165, 1.54) is 11.3 Å². The second-order valence-electron chi connectivity index (χ2n) is 3.96. The number of hydrogen-bond donors (Lipinski definition) is 1. The van der Waals surface area contributed by atoms with E-state index >= 15 is 0 Å². The van der Waals surface area contributed by atoms with Crippen molar-refractivity contribution in [2.24, 2.45) is 0 Å². The van der Waals surface area contributed by atoms with Gasteiger partial charge in [-0.05, 0) is 25.1 Å². The number of carbonyl (C=O) groups excluding carboxylic acids is 1. The summed E-state index contributed by atoms with van der Waals surface area (Å²) in [5, 5.41) is 5.14. The average molecular weight is 292 g/mol. The number of benzene rings is 1. The smallest absolute Gasteiger partial charge is 0.257 e. The first kappa shape index (κ1) is 14.5. The van der Waals surface area contributed by atoms with E-state index in [0.29, 0.717) is 29.7 Å². The van der Waals surface area contributed by atoms with Crippen LogP contribution in [0, 0.1) is 0 Å². The summed E-state index contributed by atoms with van der Waals surface area (Å²) in [5.74, 6) is 0.518. The van der Waals surface area contributed by atoms with Crippen molar-refractivity contribution in [3.8, 4) is 5.75 Å². The molecule has 1 amide bonds. The van der Waals surface area contributed by atoms with Gasteiger partial charge in [-0.1, -0.05) is 0 Å². The number of hydrogen-bond acceptors (Lipinski definition) is 5. The highest BCUT2D eigenvalue weighted by Crippen LogP contribution is 2.22. The minimum absolute atomic E-state index is 0.194. The van der Waals surface area contributed by atoms with E-state index in [4.69, 9.17) is 9.47 Å². The Labute approximate surface area is 121 Å². The van der Waals surface area contributed by atoms with E-state index in [1.807, 2.05) is 12.3 Å². The Morgan fingerprint density at radius 3 is 2.95 bits per heavy atom. The van der Waals surface area contributed by atoms with Crippen LogP contribution in [0.3, 0.4) is 0 Å². The first-order valence-electron chi connectivity index (χ1n) is 6.20. The van der Waals surface area contributed by atoms with Crippen molar-refractivity contribution in [3.05, 3.63) is 40.9 Å². The number of carbonyl (C=O) groups is 1. The first-order chi connectivity index (χ1) is 9.74. The highest BCUT2D eigenvalue weighted by Gasteiger charge is 2.11. The molecule has 6 heteroatoms. The molecule has 20 heavy (non-hydrogen) atoms. The third kappa shape index (κ3) is 3.55. The Balaban J connectivity index is 2.16. The predicted molar refractivity (Wildman–Crippen MR) is 78.4 cm³/mol. The van der Waals surface area contributed by atoms with E-state index in [9.17, 15) is 4.79 Å². The summed E-state index contributed by atoms with van der Waals surface area (Å²) < 4.78 is 10.6. The van der Waals surface area contributed by atoms with Crippen molar-refractivity contribution in [1.29, 1.82) is 0 Å². The Morgan fingerprint density at radius 2 is 2.30 bits per heavy atom.